The molecule has 0 atom stereocenters. The fourth-order valence-corrected chi connectivity index (χ4v) is 2.90. The second-order valence-electron chi connectivity index (χ2n) is 3.48. The maximum atomic E-state index is 3.49. The van der Waals surface area contributed by atoms with Crippen LogP contribution in [0.3, 0.4) is 0 Å². The van der Waals surface area contributed by atoms with Crippen molar-refractivity contribution < 1.29 is 0 Å². The van der Waals surface area contributed by atoms with E-state index in [1.54, 1.807) is 12.1 Å². The van der Waals surface area contributed by atoms with Crippen molar-refractivity contribution in [2.45, 2.75) is 0 Å². The van der Waals surface area contributed by atoms with Crippen LogP contribution in [0.4, 0.5) is 17.1 Å². The molecule has 1 aliphatic rings. The average molecular weight is 293 g/mol. The lowest BCUT2D eigenvalue weighted by Gasteiger charge is -2.15. The Bertz CT molecular complexity index is 530. The lowest BCUT2D eigenvalue weighted by molar-refractivity contribution is 1.45. The van der Waals surface area contributed by atoms with E-state index in [1.807, 2.05) is 18.2 Å². The molecule has 0 amide bonds. The first-order valence-corrected chi connectivity index (χ1v) is 6.49. The first-order chi connectivity index (χ1) is 7.84. The lowest BCUT2D eigenvalue weighted by Crippen LogP contribution is -2.02. The van der Waals surface area contributed by atoms with Gasteiger partial charge in [-0.3, -0.25) is 4.31 Å². The Morgan fingerprint density at radius 2 is 1.94 bits per heavy atom. The number of benzene rings is 2. The third-order valence-corrected chi connectivity index (χ3v) is 3.81. The van der Waals surface area contributed by atoms with Crippen LogP contribution in [-0.2, 0) is 0 Å². The first kappa shape index (κ1) is 10.1. The number of rotatable bonds is 1. The predicted molar refractivity (Wildman–Crippen MR) is 73.9 cm³/mol. The SMILES string of the molecule is Brc1cccc(N2SNc3ccccc32)c1. The molecule has 0 aromatic heterocycles. The highest BCUT2D eigenvalue weighted by Crippen LogP contribution is 2.44. The molecule has 0 spiro atoms. The van der Waals surface area contributed by atoms with E-state index in [0.717, 1.165) is 15.8 Å². The zero-order chi connectivity index (χ0) is 11.0. The summed E-state index contributed by atoms with van der Waals surface area (Å²) in [4.78, 5) is 0. The zero-order valence-corrected chi connectivity index (χ0v) is 10.8. The van der Waals surface area contributed by atoms with Crippen LogP contribution >= 0.6 is 28.1 Å². The first-order valence-electron chi connectivity index (χ1n) is 4.92. The maximum Gasteiger partial charge on any atom is 0.0782 e. The Hall–Kier alpha value is -1.13. The Labute approximate surface area is 107 Å². The van der Waals surface area contributed by atoms with Crippen molar-refractivity contribution in [2.75, 3.05) is 9.03 Å². The number of fused-ring (bicyclic) bond motifs is 1. The van der Waals surface area contributed by atoms with E-state index in [4.69, 9.17) is 0 Å². The molecule has 0 radical (unpaired) electrons. The van der Waals surface area contributed by atoms with Gasteiger partial charge in [0.1, 0.15) is 0 Å². The predicted octanol–water partition coefficient (Wildman–Crippen LogP) is 4.58. The minimum Gasteiger partial charge on any atom is -0.310 e. The highest BCUT2D eigenvalue weighted by atomic mass is 79.9. The van der Waals surface area contributed by atoms with Gasteiger partial charge in [0.2, 0.25) is 0 Å². The van der Waals surface area contributed by atoms with Gasteiger partial charge >= 0.3 is 0 Å². The van der Waals surface area contributed by atoms with Crippen LogP contribution in [0.15, 0.2) is 53.0 Å². The number of hydrogen-bond acceptors (Lipinski definition) is 3. The highest BCUT2D eigenvalue weighted by Gasteiger charge is 2.20. The summed E-state index contributed by atoms with van der Waals surface area (Å²) in [6.45, 7) is 0. The zero-order valence-electron chi connectivity index (χ0n) is 8.35. The Morgan fingerprint density at radius 3 is 2.81 bits per heavy atom. The van der Waals surface area contributed by atoms with Crippen LogP contribution in [0.25, 0.3) is 0 Å². The fourth-order valence-electron chi connectivity index (χ4n) is 1.68. The molecule has 16 heavy (non-hydrogen) atoms. The lowest BCUT2D eigenvalue weighted by atomic mass is 10.2. The van der Waals surface area contributed by atoms with E-state index in [9.17, 15) is 0 Å². The maximum absolute atomic E-state index is 3.49. The summed E-state index contributed by atoms with van der Waals surface area (Å²) in [7, 11) is 0. The summed E-state index contributed by atoms with van der Waals surface area (Å²) in [5.41, 5.74) is 3.52. The van der Waals surface area contributed by atoms with Crippen molar-refractivity contribution in [2.24, 2.45) is 0 Å². The third-order valence-electron chi connectivity index (χ3n) is 2.41. The number of hydrogen-bond donors (Lipinski definition) is 1. The summed E-state index contributed by atoms with van der Waals surface area (Å²) >= 11 is 5.09. The molecule has 1 aliphatic heterocycles. The van der Waals surface area contributed by atoms with Gasteiger partial charge in [0.05, 0.1) is 29.2 Å². The van der Waals surface area contributed by atoms with Crippen molar-refractivity contribution in [3.63, 3.8) is 0 Å². The molecule has 0 saturated carbocycles. The minimum absolute atomic E-state index is 1.09. The number of nitrogens with zero attached hydrogens (tertiary/aromatic N) is 1. The summed E-state index contributed by atoms with van der Waals surface area (Å²) in [6, 6.07) is 16.6. The Morgan fingerprint density at radius 1 is 1.06 bits per heavy atom. The molecule has 80 valence electrons. The van der Waals surface area contributed by atoms with Crippen LogP contribution in [0.1, 0.15) is 0 Å². The largest absolute Gasteiger partial charge is 0.310 e. The van der Waals surface area contributed by atoms with Gasteiger partial charge in [-0.2, -0.15) is 0 Å². The second kappa shape index (κ2) is 4.03. The number of nitrogens with one attached hydrogen (secondary N) is 1. The number of halogens is 1. The van der Waals surface area contributed by atoms with Crippen LogP contribution in [-0.4, -0.2) is 0 Å². The van der Waals surface area contributed by atoms with Crippen molar-refractivity contribution >= 4 is 45.1 Å². The van der Waals surface area contributed by atoms with E-state index < -0.39 is 0 Å². The normalized spacial score (nSPS) is 13.4. The quantitative estimate of drug-likeness (QED) is 0.775. The van der Waals surface area contributed by atoms with Crippen molar-refractivity contribution in [3.05, 3.63) is 53.0 Å². The van der Waals surface area contributed by atoms with Crippen LogP contribution in [0.2, 0.25) is 0 Å². The smallest absolute Gasteiger partial charge is 0.0782 e. The standard InChI is InChI=1S/C12H9BrN2S/c13-9-4-3-5-10(8-9)15-12-7-2-1-6-11(12)14-16-15/h1-8,14H. The molecular formula is C12H9BrN2S. The topological polar surface area (TPSA) is 15.3 Å². The highest BCUT2D eigenvalue weighted by molar-refractivity contribution is 9.10. The van der Waals surface area contributed by atoms with E-state index >= 15 is 0 Å². The number of anilines is 3. The molecule has 0 unspecified atom stereocenters. The third kappa shape index (κ3) is 1.68. The van der Waals surface area contributed by atoms with Gasteiger partial charge in [-0.05, 0) is 30.3 Å². The van der Waals surface area contributed by atoms with Gasteiger partial charge in [-0.25, -0.2) is 0 Å². The Kier molecular flexibility index (Phi) is 2.53. The molecule has 0 fully saturated rings. The van der Waals surface area contributed by atoms with Gasteiger partial charge in [0.15, 0.2) is 0 Å². The summed E-state index contributed by atoms with van der Waals surface area (Å²) in [5.74, 6) is 0. The monoisotopic (exact) mass is 292 g/mol. The molecule has 1 heterocycles. The summed E-state index contributed by atoms with van der Waals surface area (Å²) in [5, 5.41) is 0. The summed E-state index contributed by atoms with van der Waals surface area (Å²) in [6.07, 6.45) is 0. The fraction of sp³-hybridized carbons (Fsp3) is 0. The van der Waals surface area contributed by atoms with E-state index in [2.05, 4.69) is 55.3 Å². The molecule has 4 heteroatoms. The number of para-hydroxylation sites is 2. The van der Waals surface area contributed by atoms with Crippen molar-refractivity contribution in [1.82, 2.24) is 0 Å². The molecule has 2 aromatic rings. The molecule has 0 aliphatic carbocycles. The van der Waals surface area contributed by atoms with Crippen molar-refractivity contribution in [1.29, 1.82) is 0 Å². The van der Waals surface area contributed by atoms with Gasteiger partial charge < -0.3 is 4.72 Å². The van der Waals surface area contributed by atoms with E-state index in [0.29, 0.717) is 0 Å². The molecule has 0 bridgehead atoms. The molecular weight excluding hydrogens is 284 g/mol. The van der Waals surface area contributed by atoms with E-state index in [-0.39, 0.29) is 0 Å². The molecule has 2 nitrogen and oxygen atoms in total. The van der Waals surface area contributed by atoms with Crippen LogP contribution in [0, 0.1) is 0 Å². The van der Waals surface area contributed by atoms with Crippen LogP contribution in [0.5, 0.6) is 0 Å². The molecule has 2 aromatic carbocycles. The van der Waals surface area contributed by atoms with Gasteiger partial charge in [0, 0.05) is 4.47 Å². The molecule has 0 saturated heterocycles. The van der Waals surface area contributed by atoms with E-state index in [1.165, 1.54) is 5.69 Å². The van der Waals surface area contributed by atoms with Crippen LogP contribution < -0.4 is 9.03 Å². The van der Waals surface area contributed by atoms with Gasteiger partial charge in [-0.15, -0.1) is 0 Å². The van der Waals surface area contributed by atoms with Gasteiger partial charge in [0.25, 0.3) is 0 Å². The average Bonchev–Trinajstić information content (AvgIpc) is 2.72. The molecule has 3 rings (SSSR count). The summed E-state index contributed by atoms with van der Waals surface area (Å²) < 4.78 is 6.57. The van der Waals surface area contributed by atoms with Crippen molar-refractivity contribution in [3.8, 4) is 0 Å². The Balaban J connectivity index is 2.05. The minimum atomic E-state index is 1.09. The molecule has 1 N–H and O–H groups in total. The van der Waals surface area contributed by atoms with Gasteiger partial charge in [-0.1, -0.05) is 34.1 Å². The second-order valence-corrected chi connectivity index (χ2v) is 5.15.